The number of hydrogen-bond acceptors (Lipinski definition) is 5. The van der Waals surface area contributed by atoms with Crippen molar-refractivity contribution in [1.82, 2.24) is 9.88 Å². The number of hydrogen-bond donors (Lipinski definition) is 1. The molecule has 1 fully saturated rings. The molecule has 4 nitrogen and oxygen atoms in total. The van der Waals surface area contributed by atoms with Gasteiger partial charge in [0.1, 0.15) is 12.4 Å². The van der Waals surface area contributed by atoms with Crippen molar-refractivity contribution in [3.8, 4) is 5.75 Å². The Bertz CT molecular complexity index is 616. The summed E-state index contributed by atoms with van der Waals surface area (Å²) >= 11 is 1.59. The highest BCUT2D eigenvalue weighted by Gasteiger charge is 2.28. The van der Waals surface area contributed by atoms with E-state index in [-0.39, 0.29) is 0 Å². The van der Waals surface area contributed by atoms with Crippen LogP contribution in [-0.4, -0.2) is 35.6 Å². The lowest BCUT2D eigenvalue weighted by atomic mass is 9.89. The second kappa shape index (κ2) is 7.32. The monoisotopic (exact) mass is 331 g/mol. The van der Waals surface area contributed by atoms with Gasteiger partial charge in [0.25, 0.3) is 0 Å². The summed E-state index contributed by atoms with van der Waals surface area (Å²) in [6.45, 7) is 6.28. The summed E-state index contributed by atoms with van der Waals surface area (Å²) in [5.41, 5.74) is 3.94. The van der Waals surface area contributed by atoms with Crippen LogP contribution in [-0.2, 0) is 6.61 Å². The number of nitrogens with one attached hydrogen (secondary N) is 1. The molecule has 0 aliphatic carbocycles. The standard InChI is InChI=1S/C18H25N3OS/c1-13-9-21(3)14(2)7-18(13)20-15-5-4-6-17(8-15)22-10-16-11-23-12-19-16/h4-6,8,11-14,18,20H,7,9-10H2,1-3H3/t13-,14-,18+/m1/s1. The van der Waals surface area contributed by atoms with Crippen molar-refractivity contribution in [2.24, 2.45) is 5.92 Å². The van der Waals surface area contributed by atoms with Crippen molar-refractivity contribution >= 4 is 17.0 Å². The minimum atomic E-state index is 0.509. The number of nitrogens with zero attached hydrogens (tertiary/aromatic N) is 2. The first kappa shape index (κ1) is 16.3. The van der Waals surface area contributed by atoms with Crippen LogP contribution in [0.4, 0.5) is 5.69 Å². The number of anilines is 1. The summed E-state index contributed by atoms with van der Waals surface area (Å²) < 4.78 is 5.84. The highest BCUT2D eigenvalue weighted by atomic mass is 32.1. The van der Waals surface area contributed by atoms with Gasteiger partial charge in [-0.25, -0.2) is 4.98 Å². The molecule has 1 aromatic carbocycles. The quantitative estimate of drug-likeness (QED) is 0.903. The lowest BCUT2D eigenvalue weighted by Crippen LogP contribution is -2.48. The van der Waals surface area contributed by atoms with Crippen LogP contribution in [0.15, 0.2) is 35.2 Å². The third kappa shape index (κ3) is 4.24. The van der Waals surface area contributed by atoms with Crippen molar-refractivity contribution in [3.63, 3.8) is 0 Å². The second-order valence-corrected chi connectivity index (χ2v) is 7.27. The van der Waals surface area contributed by atoms with E-state index in [9.17, 15) is 0 Å². The molecule has 3 atom stereocenters. The van der Waals surface area contributed by atoms with Gasteiger partial charge in [-0.3, -0.25) is 0 Å². The fraction of sp³-hybridized carbons (Fsp3) is 0.500. The van der Waals surface area contributed by atoms with Crippen LogP contribution < -0.4 is 10.1 Å². The number of rotatable bonds is 5. The number of aromatic nitrogens is 1. The average Bonchev–Trinajstić information content (AvgIpc) is 3.04. The Labute approximate surface area is 142 Å². The molecule has 0 unspecified atom stereocenters. The minimum Gasteiger partial charge on any atom is -0.487 e. The van der Waals surface area contributed by atoms with Crippen LogP contribution in [0.5, 0.6) is 5.75 Å². The zero-order valence-corrected chi connectivity index (χ0v) is 14.8. The molecule has 1 aliphatic rings. The Hall–Kier alpha value is -1.59. The molecular weight excluding hydrogens is 306 g/mol. The zero-order chi connectivity index (χ0) is 16.2. The molecule has 0 amide bonds. The van der Waals surface area contributed by atoms with Crippen molar-refractivity contribution in [1.29, 1.82) is 0 Å². The van der Waals surface area contributed by atoms with Gasteiger partial charge >= 0.3 is 0 Å². The summed E-state index contributed by atoms with van der Waals surface area (Å²) in [4.78, 5) is 6.69. The maximum Gasteiger partial charge on any atom is 0.131 e. The van der Waals surface area contributed by atoms with Gasteiger partial charge in [-0.2, -0.15) is 0 Å². The van der Waals surface area contributed by atoms with Gasteiger partial charge in [-0.05, 0) is 38.4 Å². The van der Waals surface area contributed by atoms with Gasteiger partial charge in [0.2, 0.25) is 0 Å². The summed E-state index contributed by atoms with van der Waals surface area (Å²) in [6.07, 6.45) is 1.17. The number of piperidine rings is 1. The van der Waals surface area contributed by atoms with Crippen LogP contribution in [0.1, 0.15) is 26.0 Å². The minimum absolute atomic E-state index is 0.509. The smallest absolute Gasteiger partial charge is 0.131 e. The molecule has 0 radical (unpaired) electrons. The van der Waals surface area contributed by atoms with E-state index < -0.39 is 0 Å². The Morgan fingerprint density at radius 2 is 2.26 bits per heavy atom. The third-order valence-corrected chi connectivity index (χ3v) is 5.30. The first-order valence-corrected chi connectivity index (χ1v) is 9.13. The van der Waals surface area contributed by atoms with Gasteiger partial charge in [0.05, 0.1) is 11.2 Å². The molecule has 23 heavy (non-hydrogen) atoms. The molecule has 1 aliphatic heterocycles. The molecule has 2 aromatic rings. The van der Waals surface area contributed by atoms with E-state index in [1.807, 2.05) is 23.0 Å². The van der Waals surface area contributed by atoms with Crippen molar-refractivity contribution in [2.75, 3.05) is 18.9 Å². The van der Waals surface area contributed by atoms with Gasteiger partial charge < -0.3 is 15.0 Å². The SMILES string of the molecule is C[C@@H]1CN(C)[C@H](C)C[C@@H]1Nc1cccc(OCc2cscn2)c1. The number of thiazole rings is 1. The highest BCUT2D eigenvalue weighted by molar-refractivity contribution is 7.07. The Morgan fingerprint density at radius 1 is 1.39 bits per heavy atom. The first-order valence-electron chi connectivity index (χ1n) is 8.18. The molecule has 3 rings (SSSR count). The summed E-state index contributed by atoms with van der Waals surface area (Å²) in [6, 6.07) is 9.37. The predicted molar refractivity (Wildman–Crippen MR) is 96.2 cm³/mol. The fourth-order valence-electron chi connectivity index (χ4n) is 3.10. The van der Waals surface area contributed by atoms with Gasteiger partial charge in [-0.15, -0.1) is 11.3 Å². The molecule has 5 heteroatoms. The zero-order valence-electron chi connectivity index (χ0n) is 14.0. The molecule has 0 saturated carbocycles. The first-order chi connectivity index (χ1) is 11.1. The second-order valence-electron chi connectivity index (χ2n) is 6.55. The lowest BCUT2D eigenvalue weighted by molar-refractivity contribution is 0.145. The fourth-order valence-corrected chi connectivity index (χ4v) is 3.64. The largest absolute Gasteiger partial charge is 0.487 e. The molecular formula is C18H25N3OS. The van der Waals surface area contributed by atoms with Crippen molar-refractivity contribution in [3.05, 3.63) is 40.8 Å². The molecule has 2 heterocycles. The molecule has 1 aromatic heterocycles. The molecule has 1 saturated heterocycles. The maximum absolute atomic E-state index is 5.84. The number of likely N-dealkylation sites (tertiary alicyclic amines) is 1. The lowest BCUT2D eigenvalue weighted by Gasteiger charge is -2.40. The summed E-state index contributed by atoms with van der Waals surface area (Å²) in [5.74, 6) is 1.52. The van der Waals surface area contributed by atoms with Crippen LogP contribution in [0, 0.1) is 5.92 Å². The van der Waals surface area contributed by atoms with E-state index in [4.69, 9.17) is 4.74 Å². The molecule has 0 spiro atoms. The van der Waals surface area contributed by atoms with Crippen LogP contribution in [0.2, 0.25) is 0 Å². The molecule has 124 valence electrons. The van der Waals surface area contributed by atoms with Gasteiger partial charge in [-0.1, -0.05) is 13.0 Å². The molecule has 1 N–H and O–H groups in total. The van der Waals surface area contributed by atoms with Gasteiger partial charge in [0, 0.05) is 35.8 Å². The van der Waals surface area contributed by atoms with Crippen LogP contribution in [0.3, 0.4) is 0 Å². The Kier molecular flexibility index (Phi) is 5.18. The van der Waals surface area contributed by atoms with E-state index in [2.05, 4.69) is 48.2 Å². The normalized spacial score (nSPS) is 25.3. The van der Waals surface area contributed by atoms with Crippen LogP contribution >= 0.6 is 11.3 Å². The topological polar surface area (TPSA) is 37.4 Å². The van der Waals surface area contributed by atoms with E-state index in [1.165, 1.54) is 6.42 Å². The Morgan fingerprint density at radius 3 is 3.04 bits per heavy atom. The predicted octanol–water partition coefficient (Wildman–Crippen LogP) is 3.86. The van der Waals surface area contributed by atoms with Gasteiger partial charge in [0.15, 0.2) is 0 Å². The number of benzene rings is 1. The molecule has 0 bridgehead atoms. The highest BCUT2D eigenvalue weighted by Crippen LogP contribution is 2.26. The van der Waals surface area contributed by atoms with E-state index in [0.29, 0.717) is 24.6 Å². The van der Waals surface area contributed by atoms with E-state index >= 15 is 0 Å². The third-order valence-electron chi connectivity index (χ3n) is 4.67. The van der Waals surface area contributed by atoms with E-state index in [1.54, 1.807) is 11.3 Å². The summed E-state index contributed by atoms with van der Waals surface area (Å²) in [7, 11) is 2.21. The Balaban J connectivity index is 1.61. The van der Waals surface area contributed by atoms with Crippen molar-refractivity contribution < 1.29 is 4.74 Å². The maximum atomic E-state index is 5.84. The number of ether oxygens (including phenoxy) is 1. The van der Waals surface area contributed by atoms with E-state index in [0.717, 1.165) is 23.7 Å². The van der Waals surface area contributed by atoms with Crippen LogP contribution in [0.25, 0.3) is 0 Å². The average molecular weight is 331 g/mol. The van der Waals surface area contributed by atoms with Crippen molar-refractivity contribution in [2.45, 2.75) is 39.0 Å². The summed E-state index contributed by atoms with van der Waals surface area (Å²) in [5, 5.41) is 5.71.